The van der Waals surface area contributed by atoms with E-state index in [9.17, 15) is 8.42 Å². The molecule has 0 aliphatic heterocycles. The zero-order chi connectivity index (χ0) is 19.8. The third-order valence-electron chi connectivity index (χ3n) is 4.30. The SMILES string of the molecule is COc1ccc(Oc2c(Cl)cc(Br)cc2Cl)cc1S(=O)(=O)NC1CC(C)C1. The Hall–Kier alpha value is -0.990. The molecule has 0 spiro atoms. The van der Waals surface area contributed by atoms with E-state index in [2.05, 4.69) is 27.6 Å². The molecule has 9 heteroatoms. The highest BCUT2D eigenvalue weighted by molar-refractivity contribution is 9.10. The molecular formula is C18H18BrCl2NO4S. The van der Waals surface area contributed by atoms with Crippen LogP contribution in [0.5, 0.6) is 17.2 Å². The summed E-state index contributed by atoms with van der Waals surface area (Å²) in [6.07, 6.45) is 1.64. The molecule has 3 rings (SSSR count). The van der Waals surface area contributed by atoms with Crippen LogP contribution in [0.1, 0.15) is 19.8 Å². The molecule has 2 aromatic carbocycles. The molecule has 1 aliphatic rings. The number of nitrogens with one attached hydrogen (secondary N) is 1. The van der Waals surface area contributed by atoms with Crippen molar-refractivity contribution < 1.29 is 17.9 Å². The summed E-state index contributed by atoms with van der Waals surface area (Å²) in [5, 5.41) is 0.604. The average Bonchev–Trinajstić information content (AvgIpc) is 2.56. The Bertz CT molecular complexity index is 939. The van der Waals surface area contributed by atoms with Crippen molar-refractivity contribution >= 4 is 49.2 Å². The second-order valence-electron chi connectivity index (χ2n) is 6.51. The lowest BCUT2D eigenvalue weighted by Crippen LogP contribution is -2.43. The summed E-state index contributed by atoms with van der Waals surface area (Å²) in [6, 6.07) is 7.76. The van der Waals surface area contributed by atoms with E-state index >= 15 is 0 Å². The van der Waals surface area contributed by atoms with Gasteiger partial charge in [0.1, 0.15) is 16.4 Å². The van der Waals surface area contributed by atoms with E-state index in [-0.39, 0.29) is 28.2 Å². The summed E-state index contributed by atoms with van der Waals surface area (Å²) in [7, 11) is -2.34. The highest BCUT2D eigenvalue weighted by Crippen LogP contribution is 2.40. The molecule has 0 unspecified atom stereocenters. The van der Waals surface area contributed by atoms with Gasteiger partial charge in [0.15, 0.2) is 5.75 Å². The highest BCUT2D eigenvalue weighted by Gasteiger charge is 2.31. The molecule has 0 atom stereocenters. The minimum atomic E-state index is -3.76. The molecule has 0 bridgehead atoms. The standard InChI is InChI=1S/C18H18BrCl2NO4S/c1-10-5-12(6-10)22-27(23,24)17-9-13(3-4-16(17)25-2)26-18-14(20)7-11(19)8-15(18)21/h3-4,7-10,12,22H,5-6H2,1-2H3. The first-order valence-corrected chi connectivity index (χ1v) is 11.3. The van der Waals surface area contributed by atoms with E-state index in [0.717, 1.165) is 12.8 Å². The number of sulfonamides is 1. The predicted molar refractivity (Wildman–Crippen MR) is 110 cm³/mol. The van der Waals surface area contributed by atoms with Gasteiger partial charge in [-0.15, -0.1) is 0 Å². The Morgan fingerprint density at radius 1 is 1.15 bits per heavy atom. The Balaban J connectivity index is 1.92. The van der Waals surface area contributed by atoms with Crippen molar-refractivity contribution in [3.05, 3.63) is 44.8 Å². The third-order valence-corrected chi connectivity index (χ3v) is 6.86. The van der Waals surface area contributed by atoms with Crippen molar-refractivity contribution in [1.82, 2.24) is 4.72 Å². The van der Waals surface area contributed by atoms with E-state index in [4.69, 9.17) is 32.7 Å². The van der Waals surface area contributed by atoms with Crippen LogP contribution in [-0.4, -0.2) is 21.6 Å². The van der Waals surface area contributed by atoms with Crippen molar-refractivity contribution in [3.8, 4) is 17.2 Å². The second-order valence-corrected chi connectivity index (χ2v) is 9.92. The third kappa shape index (κ3) is 4.71. The van der Waals surface area contributed by atoms with Gasteiger partial charge in [-0.2, -0.15) is 0 Å². The monoisotopic (exact) mass is 493 g/mol. The van der Waals surface area contributed by atoms with Crippen LogP contribution in [0, 0.1) is 5.92 Å². The van der Waals surface area contributed by atoms with Gasteiger partial charge in [-0.1, -0.05) is 46.1 Å². The summed E-state index contributed by atoms with van der Waals surface area (Å²) < 4.78 is 40.0. The number of hydrogen-bond acceptors (Lipinski definition) is 4. The van der Waals surface area contributed by atoms with Crippen LogP contribution in [-0.2, 0) is 10.0 Å². The van der Waals surface area contributed by atoms with Gasteiger partial charge in [-0.05, 0) is 43.0 Å². The van der Waals surface area contributed by atoms with E-state index < -0.39 is 10.0 Å². The lowest BCUT2D eigenvalue weighted by Gasteiger charge is -2.33. The Morgan fingerprint density at radius 3 is 2.33 bits per heavy atom. The zero-order valence-electron chi connectivity index (χ0n) is 14.6. The maximum atomic E-state index is 12.8. The quantitative estimate of drug-likeness (QED) is 0.564. The molecule has 0 radical (unpaired) electrons. The van der Waals surface area contributed by atoms with Gasteiger partial charge < -0.3 is 9.47 Å². The fourth-order valence-corrected chi connectivity index (χ4v) is 5.69. The first kappa shape index (κ1) is 20.7. The van der Waals surface area contributed by atoms with Crippen LogP contribution in [0.4, 0.5) is 0 Å². The van der Waals surface area contributed by atoms with Crippen LogP contribution in [0.3, 0.4) is 0 Å². The fourth-order valence-electron chi connectivity index (χ4n) is 2.96. The number of ether oxygens (including phenoxy) is 2. The number of rotatable bonds is 6. The first-order chi connectivity index (χ1) is 12.7. The second kappa shape index (κ2) is 8.17. The molecule has 1 fully saturated rings. The summed E-state index contributed by atoms with van der Waals surface area (Å²) >= 11 is 15.7. The molecule has 0 heterocycles. The van der Waals surface area contributed by atoms with Crippen molar-refractivity contribution in [3.63, 3.8) is 0 Å². The van der Waals surface area contributed by atoms with Crippen molar-refractivity contribution in [2.24, 2.45) is 5.92 Å². The molecule has 0 aromatic heterocycles. The highest BCUT2D eigenvalue weighted by atomic mass is 79.9. The summed E-state index contributed by atoms with van der Waals surface area (Å²) in [6.45, 7) is 2.09. The van der Waals surface area contributed by atoms with Crippen LogP contribution in [0.25, 0.3) is 0 Å². The lowest BCUT2D eigenvalue weighted by atomic mass is 9.83. The summed E-state index contributed by atoms with van der Waals surface area (Å²) in [5.41, 5.74) is 0. The van der Waals surface area contributed by atoms with Crippen LogP contribution < -0.4 is 14.2 Å². The molecule has 146 valence electrons. The van der Waals surface area contributed by atoms with Gasteiger partial charge in [-0.3, -0.25) is 0 Å². The van der Waals surface area contributed by atoms with Crippen molar-refractivity contribution in [2.45, 2.75) is 30.7 Å². The molecule has 0 amide bonds. The lowest BCUT2D eigenvalue weighted by molar-refractivity contribution is 0.270. The van der Waals surface area contributed by atoms with Crippen LogP contribution in [0.2, 0.25) is 10.0 Å². The topological polar surface area (TPSA) is 64.6 Å². The molecule has 0 saturated heterocycles. The Morgan fingerprint density at radius 2 is 1.78 bits per heavy atom. The molecule has 1 aliphatic carbocycles. The molecular weight excluding hydrogens is 477 g/mol. The van der Waals surface area contributed by atoms with E-state index in [0.29, 0.717) is 20.4 Å². The van der Waals surface area contributed by atoms with Crippen LogP contribution >= 0.6 is 39.1 Å². The largest absolute Gasteiger partial charge is 0.495 e. The Kier molecular flexibility index (Phi) is 6.27. The van der Waals surface area contributed by atoms with Gasteiger partial charge >= 0.3 is 0 Å². The predicted octanol–water partition coefficient (Wildman–Crippen LogP) is 5.63. The average molecular weight is 495 g/mol. The number of benzene rings is 2. The molecule has 27 heavy (non-hydrogen) atoms. The van der Waals surface area contributed by atoms with Crippen molar-refractivity contribution in [2.75, 3.05) is 7.11 Å². The Labute approximate surface area is 177 Å². The zero-order valence-corrected chi connectivity index (χ0v) is 18.5. The maximum Gasteiger partial charge on any atom is 0.244 e. The first-order valence-electron chi connectivity index (χ1n) is 8.22. The van der Waals surface area contributed by atoms with Crippen molar-refractivity contribution in [1.29, 1.82) is 0 Å². The van der Waals surface area contributed by atoms with Gasteiger partial charge in [0, 0.05) is 16.6 Å². The molecule has 5 nitrogen and oxygen atoms in total. The fraction of sp³-hybridized carbons (Fsp3) is 0.333. The molecule has 1 saturated carbocycles. The normalized spacial score (nSPS) is 19.4. The number of halogens is 3. The summed E-state index contributed by atoms with van der Waals surface area (Å²) in [4.78, 5) is 0.00593. The van der Waals surface area contributed by atoms with E-state index in [1.54, 1.807) is 18.2 Å². The van der Waals surface area contributed by atoms with Gasteiger partial charge in [0.05, 0.1) is 17.2 Å². The van der Waals surface area contributed by atoms with Gasteiger partial charge in [-0.25, -0.2) is 13.1 Å². The number of hydrogen-bond donors (Lipinski definition) is 1. The summed E-state index contributed by atoms with van der Waals surface area (Å²) in [5.74, 6) is 1.28. The van der Waals surface area contributed by atoms with Gasteiger partial charge in [0.2, 0.25) is 10.0 Å². The van der Waals surface area contributed by atoms with E-state index in [1.807, 2.05) is 0 Å². The molecule has 1 N–H and O–H groups in total. The minimum Gasteiger partial charge on any atom is -0.495 e. The smallest absolute Gasteiger partial charge is 0.244 e. The maximum absolute atomic E-state index is 12.8. The van der Waals surface area contributed by atoms with E-state index in [1.165, 1.54) is 19.2 Å². The van der Waals surface area contributed by atoms with Gasteiger partial charge in [0.25, 0.3) is 0 Å². The number of methoxy groups -OCH3 is 1. The van der Waals surface area contributed by atoms with Crippen LogP contribution in [0.15, 0.2) is 39.7 Å². The minimum absolute atomic E-state index is 0.00593. The molecule has 2 aromatic rings.